The van der Waals surface area contributed by atoms with Gasteiger partial charge in [0.05, 0.1) is 12.0 Å². The monoisotopic (exact) mass is 193 g/mol. The third-order valence-electron chi connectivity index (χ3n) is 2.93. The average molecular weight is 193 g/mol. The second kappa shape index (κ2) is 3.39. The van der Waals surface area contributed by atoms with Crippen LogP contribution in [-0.2, 0) is 13.6 Å². The number of nitrogens with one attached hydrogen (secondary N) is 1. The Balaban J connectivity index is 1.74. The first-order chi connectivity index (χ1) is 6.55. The predicted molar refractivity (Wildman–Crippen MR) is 56.9 cm³/mol. The summed E-state index contributed by atoms with van der Waals surface area (Å²) in [4.78, 5) is 4.28. The van der Waals surface area contributed by atoms with Crippen molar-refractivity contribution in [1.29, 1.82) is 0 Å². The highest BCUT2D eigenvalue weighted by atomic mass is 15.0. The van der Waals surface area contributed by atoms with Gasteiger partial charge in [0.1, 0.15) is 0 Å². The van der Waals surface area contributed by atoms with Crippen LogP contribution in [0.1, 0.15) is 32.4 Å². The van der Waals surface area contributed by atoms with Crippen LogP contribution in [0.3, 0.4) is 0 Å². The van der Waals surface area contributed by atoms with Crippen molar-refractivity contribution in [1.82, 2.24) is 14.9 Å². The van der Waals surface area contributed by atoms with Crippen LogP contribution in [0.5, 0.6) is 0 Å². The minimum absolute atomic E-state index is 0.557. The summed E-state index contributed by atoms with van der Waals surface area (Å²) in [6.45, 7) is 5.56. The van der Waals surface area contributed by atoms with Crippen molar-refractivity contribution in [3.8, 4) is 0 Å². The molecule has 1 aliphatic rings. The molecule has 0 saturated heterocycles. The van der Waals surface area contributed by atoms with Gasteiger partial charge in [-0.1, -0.05) is 13.8 Å². The highest BCUT2D eigenvalue weighted by Gasteiger charge is 2.35. The summed E-state index contributed by atoms with van der Waals surface area (Å²) in [5.41, 5.74) is 1.69. The molecule has 0 bridgehead atoms. The number of rotatable bonds is 3. The summed E-state index contributed by atoms with van der Waals surface area (Å²) in [6.07, 6.45) is 6.50. The zero-order valence-electron chi connectivity index (χ0n) is 9.25. The van der Waals surface area contributed by atoms with Crippen LogP contribution < -0.4 is 5.32 Å². The van der Waals surface area contributed by atoms with Crippen LogP contribution in [0.15, 0.2) is 12.5 Å². The minimum Gasteiger partial charge on any atom is -0.340 e. The van der Waals surface area contributed by atoms with Crippen molar-refractivity contribution in [2.24, 2.45) is 12.5 Å². The summed E-state index contributed by atoms with van der Waals surface area (Å²) < 4.78 is 1.99. The Hall–Kier alpha value is -0.830. The zero-order chi connectivity index (χ0) is 10.2. The van der Waals surface area contributed by atoms with Gasteiger partial charge < -0.3 is 9.88 Å². The molecule has 0 amide bonds. The van der Waals surface area contributed by atoms with Gasteiger partial charge in [0, 0.05) is 25.8 Å². The van der Waals surface area contributed by atoms with E-state index in [1.54, 1.807) is 0 Å². The van der Waals surface area contributed by atoms with Crippen LogP contribution in [0, 0.1) is 5.41 Å². The molecule has 0 radical (unpaired) electrons. The molecular weight excluding hydrogens is 174 g/mol. The lowest BCUT2D eigenvalue weighted by Crippen LogP contribution is -2.45. The maximum atomic E-state index is 4.28. The van der Waals surface area contributed by atoms with Crippen molar-refractivity contribution >= 4 is 0 Å². The SMILES string of the molecule is Cn1cnc(CNC2CC(C)(C)C2)c1. The van der Waals surface area contributed by atoms with Crippen molar-refractivity contribution in [3.05, 3.63) is 18.2 Å². The highest BCUT2D eigenvalue weighted by Crippen LogP contribution is 2.39. The van der Waals surface area contributed by atoms with Gasteiger partial charge in [0.2, 0.25) is 0 Å². The van der Waals surface area contributed by atoms with E-state index in [1.807, 2.05) is 17.9 Å². The largest absolute Gasteiger partial charge is 0.340 e. The molecule has 1 aliphatic carbocycles. The smallest absolute Gasteiger partial charge is 0.0947 e. The number of aromatic nitrogens is 2. The van der Waals surface area contributed by atoms with Gasteiger partial charge in [-0.3, -0.25) is 0 Å². The molecule has 1 aromatic rings. The molecule has 0 atom stereocenters. The van der Waals surface area contributed by atoms with Gasteiger partial charge in [-0.2, -0.15) is 0 Å². The fraction of sp³-hybridized carbons (Fsp3) is 0.727. The van der Waals surface area contributed by atoms with E-state index in [9.17, 15) is 0 Å². The molecular formula is C11H19N3. The third-order valence-corrected chi connectivity index (χ3v) is 2.93. The van der Waals surface area contributed by atoms with Crippen molar-refractivity contribution in [2.45, 2.75) is 39.3 Å². The summed E-state index contributed by atoms with van der Waals surface area (Å²) in [7, 11) is 2.00. The molecule has 0 spiro atoms. The summed E-state index contributed by atoms with van der Waals surface area (Å²) in [5.74, 6) is 0. The van der Waals surface area contributed by atoms with Gasteiger partial charge in [0.15, 0.2) is 0 Å². The first-order valence-electron chi connectivity index (χ1n) is 5.25. The molecule has 2 rings (SSSR count). The van der Waals surface area contributed by atoms with Gasteiger partial charge >= 0.3 is 0 Å². The second-order valence-electron chi connectivity index (χ2n) is 5.18. The maximum Gasteiger partial charge on any atom is 0.0947 e. The number of hydrogen-bond acceptors (Lipinski definition) is 2. The van der Waals surface area contributed by atoms with E-state index in [1.165, 1.54) is 12.8 Å². The van der Waals surface area contributed by atoms with Crippen molar-refractivity contribution in [2.75, 3.05) is 0 Å². The van der Waals surface area contributed by atoms with Crippen LogP contribution >= 0.6 is 0 Å². The molecule has 3 nitrogen and oxygen atoms in total. The van der Waals surface area contributed by atoms with Gasteiger partial charge in [-0.05, 0) is 18.3 Å². The van der Waals surface area contributed by atoms with Gasteiger partial charge in [0.25, 0.3) is 0 Å². The molecule has 0 unspecified atom stereocenters. The van der Waals surface area contributed by atoms with E-state index in [-0.39, 0.29) is 0 Å². The Morgan fingerprint density at radius 3 is 2.79 bits per heavy atom. The highest BCUT2D eigenvalue weighted by molar-refractivity contribution is 4.98. The Bertz CT molecular complexity index is 306. The van der Waals surface area contributed by atoms with Crippen molar-refractivity contribution in [3.63, 3.8) is 0 Å². The van der Waals surface area contributed by atoms with E-state index in [0.717, 1.165) is 12.2 Å². The summed E-state index contributed by atoms with van der Waals surface area (Å²) in [5, 5.41) is 3.53. The first-order valence-corrected chi connectivity index (χ1v) is 5.25. The van der Waals surface area contributed by atoms with Crippen LogP contribution in [0.25, 0.3) is 0 Å². The number of nitrogens with zero attached hydrogens (tertiary/aromatic N) is 2. The van der Waals surface area contributed by atoms with Crippen LogP contribution in [0.4, 0.5) is 0 Å². The molecule has 1 heterocycles. The average Bonchev–Trinajstić information content (AvgIpc) is 2.44. The standard InChI is InChI=1S/C11H19N3/c1-11(2)4-9(5-11)12-6-10-7-14(3)8-13-10/h7-9,12H,4-6H2,1-3H3. The fourth-order valence-corrected chi connectivity index (χ4v) is 2.23. The van der Waals surface area contributed by atoms with Gasteiger partial charge in [-0.15, -0.1) is 0 Å². The molecule has 1 N–H and O–H groups in total. The van der Waals surface area contributed by atoms with E-state index < -0.39 is 0 Å². The summed E-state index contributed by atoms with van der Waals surface area (Å²) >= 11 is 0. The molecule has 1 fully saturated rings. The molecule has 1 aromatic heterocycles. The topological polar surface area (TPSA) is 29.9 Å². The second-order valence-corrected chi connectivity index (χ2v) is 5.18. The Labute approximate surface area is 85.5 Å². The number of aryl methyl sites for hydroxylation is 1. The number of imidazole rings is 1. The molecule has 0 aliphatic heterocycles. The van der Waals surface area contributed by atoms with E-state index in [4.69, 9.17) is 0 Å². The van der Waals surface area contributed by atoms with Gasteiger partial charge in [-0.25, -0.2) is 4.98 Å². The molecule has 14 heavy (non-hydrogen) atoms. The Kier molecular flexibility index (Phi) is 2.35. The molecule has 3 heteroatoms. The lowest BCUT2D eigenvalue weighted by molar-refractivity contribution is 0.125. The lowest BCUT2D eigenvalue weighted by Gasteiger charge is -2.43. The van der Waals surface area contributed by atoms with E-state index in [2.05, 4.69) is 30.3 Å². The molecule has 78 valence electrons. The fourth-order valence-electron chi connectivity index (χ4n) is 2.23. The normalized spacial score (nSPS) is 20.8. The molecule has 1 saturated carbocycles. The Morgan fingerprint density at radius 2 is 2.29 bits per heavy atom. The van der Waals surface area contributed by atoms with E-state index >= 15 is 0 Å². The third kappa shape index (κ3) is 2.15. The Morgan fingerprint density at radius 1 is 1.57 bits per heavy atom. The van der Waals surface area contributed by atoms with Crippen LogP contribution in [0.2, 0.25) is 0 Å². The maximum absolute atomic E-state index is 4.28. The van der Waals surface area contributed by atoms with E-state index in [0.29, 0.717) is 11.5 Å². The minimum atomic E-state index is 0.557. The van der Waals surface area contributed by atoms with Crippen LogP contribution in [-0.4, -0.2) is 15.6 Å². The number of hydrogen-bond donors (Lipinski definition) is 1. The first kappa shape index (κ1) is 9.71. The zero-order valence-corrected chi connectivity index (χ0v) is 9.25. The quantitative estimate of drug-likeness (QED) is 0.792. The van der Waals surface area contributed by atoms with Crippen molar-refractivity contribution < 1.29 is 0 Å². The predicted octanol–water partition coefficient (Wildman–Crippen LogP) is 1.70. The molecule has 0 aromatic carbocycles. The lowest BCUT2D eigenvalue weighted by atomic mass is 9.68. The summed E-state index contributed by atoms with van der Waals surface area (Å²) in [6, 6.07) is 0.701.